The summed E-state index contributed by atoms with van der Waals surface area (Å²) >= 11 is 0. The van der Waals surface area contributed by atoms with Gasteiger partial charge in [-0.05, 0) is 31.1 Å². The molecular weight excluding hydrogens is 184 g/mol. The topological polar surface area (TPSA) is 24.1 Å². The Bertz CT molecular complexity index is 181. The van der Waals surface area contributed by atoms with E-state index in [1.54, 1.807) is 0 Å². The molecule has 2 nitrogen and oxygen atoms in total. The van der Waals surface area contributed by atoms with Gasteiger partial charge in [-0.15, -0.1) is 0 Å². The van der Waals surface area contributed by atoms with Gasteiger partial charge in [0, 0.05) is 25.7 Å². The Morgan fingerprint density at radius 2 is 1.80 bits per heavy atom. The molecule has 2 aliphatic carbocycles. The second-order valence-electron chi connectivity index (χ2n) is 5.78. The van der Waals surface area contributed by atoms with E-state index >= 15 is 0 Å². The summed E-state index contributed by atoms with van der Waals surface area (Å²) in [5.41, 5.74) is 0.632. The summed E-state index contributed by atoms with van der Waals surface area (Å²) in [6, 6.07) is 0.825. The molecule has 2 heteroatoms. The number of hydrogen-bond donors (Lipinski definition) is 2. The van der Waals surface area contributed by atoms with Gasteiger partial charge in [0.05, 0.1) is 0 Å². The second kappa shape index (κ2) is 5.31. The maximum Gasteiger partial charge on any atom is 0.00793 e. The lowest BCUT2D eigenvalue weighted by atomic mass is 9.70. The first-order valence-electron chi connectivity index (χ1n) is 6.73. The molecule has 0 bridgehead atoms. The van der Waals surface area contributed by atoms with Crippen LogP contribution in [0.1, 0.15) is 51.9 Å². The molecule has 2 N–H and O–H groups in total. The minimum absolute atomic E-state index is 0.632. The Labute approximate surface area is 94.2 Å². The van der Waals surface area contributed by atoms with Gasteiger partial charge in [-0.1, -0.05) is 26.2 Å². The molecule has 0 heterocycles. The minimum atomic E-state index is 0.632. The Hall–Kier alpha value is -0.0800. The fraction of sp³-hybridized carbons (Fsp3) is 1.00. The maximum absolute atomic E-state index is 3.64. The summed E-state index contributed by atoms with van der Waals surface area (Å²) < 4.78 is 0. The molecule has 0 atom stereocenters. The van der Waals surface area contributed by atoms with Gasteiger partial charge in [0.25, 0.3) is 0 Å². The van der Waals surface area contributed by atoms with E-state index in [-0.39, 0.29) is 0 Å². The van der Waals surface area contributed by atoms with Crippen LogP contribution in [0.2, 0.25) is 0 Å². The average molecular weight is 210 g/mol. The minimum Gasteiger partial charge on any atom is -0.315 e. The van der Waals surface area contributed by atoms with Gasteiger partial charge in [-0.3, -0.25) is 0 Å². The van der Waals surface area contributed by atoms with Crippen molar-refractivity contribution in [1.82, 2.24) is 10.6 Å². The monoisotopic (exact) mass is 210 g/mol. The van der Waals surface area contributed by atoms with E-state index in [2.05, 4.69) is 17.6 Å². The Morgan fingerprint density at radius 3 is 2.40 bits per heavy atom. The van der Waals surface area contributed by atoms with Crippen molar-refractivity contribution < 1.29 is 0 Å². The van der Waals surface area contributed by atoms with Crippen LogP contribution >= 0.6 is 0 Å². The van der Waals surface area contributed by atoms with E-state index in [0.29, 0.717) is 5.41 Å². The van der Waals surface area contributed by atoms with Gasteiger partial charge < -0.3 is 10.6 Å². The largest absolute Gasteiger partial charge is 0.315 e. The highest BCUT2D eigenvalue weighted by Gasteiger charge is 2.30. The molecule has 0 saturated heterocycles. The third kappa shape index (κ3) is 3.46. The molecule has 2 aliphatic rings. The highest BCUT2D eigenvalue weighted by atomic mass is 15.0. The highest BCUT2D eigenvalue weighted by Crippen LogP contribution is 2.39. The summed E-state index contributed by atoms with van der Waals surface area (Å²) in [5, 5.41) is 7.23. The maximum atomic E-state index is 3.64. The number of nitrogens with one attached hydrogen (secondary N) is 2. The SMILES string of the molecule is CC1(CNCCNC2CCCC2)CCC1. The number of hydrogen-bond acceptors (Lipinski definition) is 2. The van der Waals surface area contributed by atoms with Crippen LogP contribution in [0, 0.1) is 5.41 Å². The van der Waals surface area contributed by atoms with Crippen LogP contribution in [-0.2, 0) is 0 Å². The molecule has 0 aromatic carbocycles. The smallest absolute Gasteiger partial charge is 0.00793 e. The lowest BCUT2D eigenvalue weighted by molar-refractivity contribution is 0.157. The molecule has 2 rings (SSSR count). The first-order chi connectivity index (χ1) is 7.29. The zero-order chi connectivity index (χ0) is 10.6. The van der Waals surface area contributed by atoms with Gasteiger partial charge in [-0.25, -0.2) is 0 Å². The Balaban J connectivity index is 1.44. The lowest BCUT2D eigenvalue weighted by Gasteiger charge is -2.38. The van der Waals surface area contributed by atoms with Gasteiger partial charge in [-0.2, -0.15) is 0 Å². The predicted octanol–water partition coefficient (Wildman–Crippen LogP) is 2.30. The third-order valence-corrected chi connectivity index (χ3v) is 4.20. The van der Waals surface area contributed by atoms with E-state index in [4.69, 9.17) is 0 Å². The molecular formula is C13H26N2. The molecule has 88 valence electrons. The van der Waals surface area contributed by atoms with E-state index in [1.165, 1.54) is 51.5 Å². The van der Waals surface area contributed by atoms with E-state index in [0.717, 1.165) is 19.1 Å². The molecule has 0 radical (unpaired) electrons. The fourth-order valence-electron chi connectivity index (χ4n) is 2.84. The van der Waals surface area contributed by atoms with E-state index < -0.39 is 0 Å². The van der Waals surface area contributed by atoms with E-state index in [1.807, 2.05) is 0 Å². The molecule has 0 amide bonds. The summed E-state index contributed by atoms with van der Waals surface area (Å²) in [6.07, 6.45) is 9.96. The van der Waals surface area contributed by atoms with Crippen LogP contribution in [0.15, 0.2) is 0 Å². The summed E-state index contributed by atoms with van der Waals surface area (Å²) in [4.78, 5) is 0. The van der Waals surface area contributed by atoms with Gasteiger partial charge in [0.2, 0.25) is 0 Å². The standard InChI is InChI=1S/C13H26N2/c1-13(7-4-8-13)11-14-9-10-15-12-5-2-3-6-12/h12,14-15H,2-11H2,1H3. The molecule has 0 unspecified atom stereocenters. The fourth-order valence-corrected chi connectivity index (χ4v) is 2.84. The summed E-state index contributed by atoms with van der Waals surface area (Å²) in [5.74, 6) is 0. The van der Waals surface area contributed by atoms with Crippen LogP contribution in [0.5, 0.6) is 0 Å². The molecule has 2 fully saturated rings. The van der Waals surface area contributed by atoms with Crippen molar-refractivity contribution >= 4 is 0 Å². The Kier molecular flexibility index (Phi) is 4.04. The van der Waals surface area contributed by atoms with Crippen molar-refractivity contribution in [2.45, 2.75) is 57.9 Å². The molecule has 0 aliphatic heterocycles. The van der Waals surface area contributed by atoms with Gasteiger partial charge >= 0.3 is 0 Å². The molecule has 15 heavy (non-hydrogen) atoms. The van der Waals surface area contributed by atoms with Crippen molar-refractivity contribution in [2.24, 2.45) is 5.41 Å². The van der Waals surface area contributed by atoms with Crippen molar-refractivity contribution in [3.05, 3.63) is 0 Å². The molecule has 2 saturated carbocycles. The quantitative estimate of drug-likeness (QED) is 0.657. The average Bonchev–Trinajstić information content (AvgIpc) is 2.67. The van der Waals surface area contributed by atoms with Crippen molar-refractivity contribution in [3.8, 4) is 0 Å². The summed E-state index contributed by atoms with van der Waals surface area (Å²) in [6.45, 7) is 5.93. The van der Waals surface area contributed by atoms with Crippen LogP contribution in [-0.4, -0.2) is 25.7 Å². The molecule has 0 aromatic rings. The van der Waals surface area contributed by atoms with E-state index in [9.17, 15) is 0 Å². The Morgan fingerprint density at radius 1 is 1.07 bits per heavy atom. The van der Waals surface area contributed by atoms with Crippen molar-refractivity contribution in [1.29, 1.82) is 0 Å². The zero-order valence-corrected chi connectivity index (χ0v) is 10.1. The van der Waals surface area contributed by atoms with Crippen LogP contribution < -0.4 is 10.6 Å². The number of rotatable bonds is 6. The predicted molar refractivity (Wildman–Crippen MR) is 65.1 cm³/mol. The molecule has 0 spiro atoms. The van der Waals surface area contributed by atoms with Crippen molar-refractivity contribution in [3.63, 3.8) is 0 Å². The second-order valence-corrected chi connectivity index (χ2v) is 5.78. The zero-order valence-electron chi connectivity index (χ0n) is 10.1. The lowest BCUT2D eigenvalue weighted by Crippen LogP contribution is -2.40. The van der Waals surface area contributed by atoms with Crippen molar-refractivity contribution in [2.75, 3.05) is 19.6 Å². The molecule has 0 aromatic heterocycles. The first-order valence-corrected chi connectivity index (χ1v) is 6.73. The van der Waals surface area contributed by atoms with Crippen LogP contribution in [0.4, 0.5) is 0 Å². The van der Waals surface area contributed by atoms with Gasteiger partial charge in [0.1, 0.15) is 0 Å². The normalized spacial score (nSPS) is 25.4. The first kappa shape index (κ1) is 11.4. The van der Waals surface area contributed by atoms with Gasteiger partial charge in [0.15, 0.2) is 0 Å². The van der Waals surface area contributed by atoms with Crippen LogP contribution in [0.3, 0.4) is 0 Å². The van der Waals surface area contributed by atoms with Crippen LogP contribution in [0.25, 0.3) is 0 Å². The summed E-state index contributed by atoms with van der Waals surface area (Å²) in [7, 11) is 0. The highest BCUT2D eigenvalue weighted by molar-refractivity contribution is 4.85. The third-order valence-electron chi connectivity index (χ3n) is 4.20.